The SMILES string of the molecule is Cc1c(-c2nccn2C)cc2c(c1-c1cccc[n+]1C)-c1ccccc1C2(C)C.Cc1cc2c(cn1)oc1c(-c3cccc[n+]3C)c(C)c(-c3nccn3C)cc12.Cc1cc2oc3c(-c4cccc[n+]4C)c(C)c(-c4nccn4C)cc3c2cn1.Cc1cc2oc3cc(-c4nccn4C)c(C)c(-c4cccc[n+]4C)c3c2cn1. The first-order valence-electron chi connectivity index (χ1n) is 38.0. The van der Waals surface area contributed by atoms with Crippen molar-refractivity contribution in [1.29, 1.82) is 0 Å². The maximum absolute atomic E-state index is 6.38. The van der Waals surface area contributed by atoms with E-state index in [1.165, 1.54) is 50.2 Å². The molecule has 558 valence electrons. The summed E-state index contributed by atoms with van der Waals surface area (Å²) in [5, 5.41) is 6.38. The molecule has 1 aliphatic carbocycles. The lowest BCUT2D eigenvalue weighted by atomic mass is 9.80. The summed E-state index contributed by atoms with van der Waals surface area (Å²) in [5.74, 6) is 3.82. The Kier molecular flexibility index (Phi) is 18.1. The van der Waals surface area contributed by atoms with Crippen LogP contribution in [0.2, 0.25) is 0 Å². The van der Waals surface area contributed by atoms with Crippen LogP contribution in [0.5, 0.6) is 0 Å². The fourth-order valence-electron chi connectivity index (χ4n) is 16.8. The van der Waals surface area contributed by atoms with Gasteiger partial charge in [0.15, 0.2) is 30.4 Å². The summed E-state index contributed by atoms with van der Waals surface area (Å²) in [4.78, 5) is 31.9. The molecule has 18 nitrogen and oxygen atoms in total. The van der Waals surface area contributed by atoms with Crippen LogP contribution in [0.4, 0.5) is 0 Å². The lowest BCUT2D eigenvalue weighted by Crippen LogP contribution is -2.30. The molecule has 14 aromatic heterocycles. The van der Waals surface area contributed by atoms with Crippen LogP contribution >= 0.6 is 0 Å². The number of rotatable bonds is 8. The fraction of sp³-hybridized carbons (Fsp3) is 0.189. The molecule has 0 saturated heterocycles. The standard InChI is InChI=1S/C26H26N3.3C23H21N4O/c1-17-19(25-27-13-15-29(25)5)16-21-24(23(17)22-12-8-9-14-28(22)4)18-10-6-7-11-20(18)26(21,2)3;1-14-11-19-17(13-25-14)22-20(28-19)12-16(23-24-8-10-27(23)4)15(2)21(22)18-7-5-6-9-26(18)3;1-14-11-20-18(13-25-14)17-12-16(23-24-8-10-27(23)4)15(2)21(22(17)28-20)19-7-5-6-9-26(19)3;1-14-11-17-18-12-16(23-24-8-10-27(23)4)15(2)21(19-7-5-6-9-26(19)3)22(18)28-20(17)13-25-14/h6-16H,1-5H3;3*5-13H,1-4H3/q4*+1. The van der Waals surface area contributed by atoms with Gasteiger partial charge in [0.1, 0.15) is 79.4 Å². The molecule has 14 heterocycles. The van der Waals surface area contributed by atoms with Crippen LogP contribution in [0.1, 0.15) is 64.3 Å². The van der Waals surface area contributed by atoms with E-state index in [9.17, 15) is 0 Å². The van der Waals surface area contributed by atoms with Crippen molar-refractivity contribution in [3.05, 3.63) is 283 Å². The van der Waals surface area contributed by atoms with Crippen LogP contribution in [0, 0.1) is 48.5 Å². The largest absolute Gasteiger partial charge is 0.456 e. The van der Waals surface area contributed by atoms with Gasteiger partial charge >= 0.3 is 0 Å². The van der Waals surface area contributed by atoms with E-state index < -0.39 is 0 Å². The van der Waals surface area contributed by atoms with Crippen molar-refractivity contribution in [2.45, 2.75) is 67.7 Å². The minimum atomic E-state index is -0.0539. The lowest BCUT2D eigenvalue weighted by molar-refractivity contribution is -0.660. The van der Waals surface area contributed by atoms with E-state index in [0.29, 0.717) is 0 Å². The van der Waals surface area contributed by atoms with Crippen molar-refractivity contribution in [1.82, 2.24) is 53.2 Å². The Labute approximate surface area is 655 Å². The Hall–Kier alpha value is -13.6. The summed E-state index contributed by atoms with van der Waals surface area (Å²) in [6.07, 6.45) is 29.3. The molecule has 0 atom stereocenters. The maximum atomic E-state index is 6.38. The Morgan fingerprint density at radius 2 is 0.690 bits per heavy atom. The summed E-state index contributed by atoms with van der Waals surface area (Å²) in [6, 6.07) is 48.9. The second-order valence-electron chi connectivity index (χ2n) is 30.4. The van der Waals surface area contributed by atoms with E-state index in [1.807, 2.05) is 150 Å². The van der Waals surface area contributed by atoms with Gasteiger partial charge in [0, 0.05) is 233 Å². The van der Waals surface area contributed by atoms with E-state index in [-0.39, 0.29) is 5.41 Å². The molecule has 0 amide bonds. The molecule has 0 unspecified atom stereocenters. The van der Waals surface area contributed by atoms with E-state index >= 15 is 0 Å². The molecule has 113 heavy (non-hydrogen) atoms. The van der Waals surface area contributed by atoms with E-state index in [0.717, 1.165) is 168 Å². The number of aromatic nitrogens is 15. The quantitative estimate of drug-likeness (QED) is 0.134. The molecule has 0 fully saturated rings. The molecular formula is C95H89N15O3+4. The number of furan rings is 3. The van der Waals surface area contributed by atoms with Crippen molar-refractivity contribution in [3.8, 4) is 102 Å². The topological polar surface area (TPSA) is 165 Å². The van der Waals surface area contributed by atoms with Gasteiger partial charge in [-0.3, -0.25) is 15.0 Å². The minimum Gasteiger partial charge on any atom is -0.456 e. The van der Waals surface area contributed by atoms with Crippen LogP contribution in [0.25, 0.3) is 168 Å². The highest BCUT2D eigenvalue weighted by Gasteiger charge is 2.40. The van der Waals surface area contributed by atoms with Crippen LogP contribution in [0.15, 0.2) is 246 Å². The van der Waals surface area contributed by atoms with Gasteiger partial charge in [-0.25, -0.2) is 38.2 Å². The first kappa shape index (κ1) is 72.3. The second kappa shape index (κ2) is 28.4. The molecule has 19 aromatic rings. The zero-order valence-corrected chi connectivity index (χ0v) is 66.9. The van der Waals surface area contributed by atoms with E-state index in [2.05, 4.69) is 273 Å². The fourth-order valence-corrected chi connectivity index (χ4v) is 16.8. The highest BCUT2D eigenvalue weighted by molar-refractivity contribution is 6.15. The molecule has 0 spiro atoms. The molecule has 0 radical (unpaired) electrons. The van der Waals surface area contributed by atoms with Gasteiger partial charge in [0.2, 0.25) is 22.8 Å². The van der Waals surface area contributed by atoms with Crippen molar-refractivity contribution in [2.75, 3.05) is 0 Å². The first-order chi connectivity index (χ1) is 54.5. The van der Waals surface area contributed by atoms with Gasteiger partial charge in [-0.2, -0.15) is 0 Å². The molecule has 18 heteroatoms. The van der Waals surface area contributed by atoms with E-state index in [4.69, 9.17) is 13.3 Å². The smallest absolute Gasteiger partial charge is 0.216 e. The number of hydrogen-bond donors (Lipinski definition) is 0. The number of nitrogens with zero attached hydrogens (tertiary/aromatic N) is 15. The molecule has 0 saturated carbocycles. The minimum absolute atomic E-state index is 0.0539. The first-order valence-corrected chi connectivity index (χ1v) is 38.0. The molecule has 20 rings (SSSR count). The number of aryl methyl sites for hydroxylation is 11. The summed E-state index contributed by atoms with van der Waals surface area (Å²) >= 11 is 0. The van der Waals surface area contributed by atoms with Crippen LogP contribution < -0.4 is 18.3 Å². The zero-order chi connectivity index (χ0) is 78.6. The predicted octanol–water partition coefficient (Wildman–Crippen LogP) is 18.7. The number of hydrogen-bond acceptors (Lipinski definition) is 10. The van der Waals surface area contributed by atoms with Crippen LogP contribution in [-0.2, 0) is 61.8 Å². The van der Waals surface area contributed by atoms with Gasteiger partial charge in [0.05, 0.1) is 28.5 Å². The van der Waals surface area contributed by atoms with Crippen molar-refractivity contribution in [3.63, 3.8) is 0 Å². The van der Waals surface area contributed by atoms with Gasteiger partial charge < -0.3 is 31.5 Å². The predicted molar refractivity (Wildman–Crippen MR) is 447 cm³/mol. The summed E-state index contributed by atoms with van der Waals surface area (Å²) in [5.41, 5.74) is 31.9. The number of fused-ring (bicyclic) bond motifs is 12. The number of pyridine rings is 7. The Balaban J connectivity index is 0.000000109. The van der Waals surface area contributed by atoms with Crippen LogP contribution in [-0.4, -0.2) is 53.2 Å². The molecule has 0 N–H and O–H groups in total. The Morgan fingerprint density at radius 3 is 1.17 bits per heavy atom. The second-order valence-corrected chi connectivity index (χ2v) is 30.4. The third kappa shape index (κ3) is 12.3. The highest BCUT2D eigenvalue weighted by atomic mass is 16.3. The average Bonchev–Trinajstić information content (AvgIpc) is 1.56. The molecule has 0 bridgehead atoms. The van der Waals surface area contributed by atoms with Gasteiger partial charge in [-0.1, -0.05) is 38.1 Å². The number of benzene rings is 5. The Bertz CT molecular complexity index is 6940. The maximum Gasteiger partial charge on any atom is 0.216 e. The van der Waals surface area contributed by atoms with Gasteiger partial charge in [-0.05, 0) is 142 Å². The molecule has 1 aliphatic rings. The lowest BCUT2D eigenvalue weighted by Gasteiger charge is -2.23. The van der Waals surface area contributed by atoms with Crippen molar-refractivity contribution < 1.29 is 31.5 Å². The number of imidazole rings is 4. The third-order valence-electron chi connectivity index (χ3n) is 22.8. The van der Waals surface area contributed by atoms with Crippen molar-refractivity contribution in [2.24, 2.45) is 56.4 Å². The Morgan fingerprint density at radius 1 is 0.310 bits per heavy atom. The van der Waals surface area contributed by atoms with Gasteiger partial charge in [0.25, 0.3) is 0 Å². The summed E-state index contributed by atoms with van der Waals surface area (Å²) in [6.45, 7) is 19.3. The van der Waals surface area contributed by atoms with Crippen molar-refractivity contribution >= 4 is 65.8 Å². The molecular weight excluding hydrogens is 1400 g/mol. The average molecular weight is 1490 g/mol. The van der Waals surface area contributed by atoms with Gasteiger partial charge in [-0.15, -0.1) is 0 Å². The summed E-state index contributed by atoms with van der Waals surface area (Å²) in [7, 11) is 16.4. The van der Waals surface area contributed by atoms with Crippen LogP contribution in [0.3, 0.4) is 0 Å². The highest BCUT2D eigenvalue weighted by Crippen LogP contribution is 2.55. The molecule has 5 aromatic carbocycles. The normalized spacial score (nSPS) is 12.2. The summed E-state index contributed by atoms with van der Waals surface area (Å²) < 4.78 is 35.9. The zero-order valence-electron chi connectivity index (χ0n) is 66.9. The third-order valence-corrected chi connectivity index (χ3v) is 22.8. The monoisotopic (exact) mass is 1490 g/mol. The molecule has 0 aliphatic heterocycles. The van der Waals surface area contributed by atoms with E-state index in [1.54, 1.807) is 0 Å².